The molecule has 0 atom stereocenters. The Balaban J connectivity index is 1.45. The van der Waals surface area contributed by atoms with E-state index in [1.165, 1.54) is 0 Å². The molecule has 0 amide bonds. The number of ether oxygens (including phenoxy) is 2. The minimum Gasteiger partial charge on any atom is -0.493 e. The van der Waals surface area contributed by atoms with Gasteiger partial charge in [-0.05, 0) is 25.1 Å². The van der Waals surface area contributed by atoms with Crippen molar-refractivity contribution < 1.29 is 28.2 Å². The summed E-state index contributed by atoms with van der Waals surface area (Å²) in [6, 6.07) is 15.2. The van der Waals surface area contributed by atoms with Crippen LogP contribution in [0, 0.1) is 6.92 Å². The van der Waals surface area contributed by atoms with Crippen molar-refractivity contribution in [2.24, 2.45) is 0 Å². The lowest BCUT2D eigenvalue weighted by molar-refractivity contribution is 0.132. The number of hydrogen-bond acceptors (Lipinski definition) is 5. The first-order valence-corrected chi connectivity index (χ1v) is 8.14. The lowest BCUT2D eigenvalue weighted by Crippen LogP contribution is -2.02. The summed E-state index contributed by atoms with van der Waals surface area (Å²) >= 11 is 0. The molecule has 2 aromatic carbocycles. The molecule has 0 bridgehead atoms. The Kier molecular flexibility index (Phi) is 4.01. The van der Waals surface area contributed by atoms with Gasteiger partial charge in [0, 0.05) is 34.9 Å². The SMILES string of the molecule is Cc1oc(OC(=O)O)cc1CCOc1ccc2c(c1)oc1ccccc12. The second kappa shape index (κ2) is 6.48. The molecule has 0 aliphatic heterocycles. The predicted octanol–water partition coefficient (Wildman–Crippen LogP) is 5.17. The van der Waals surface area contributed by atoms with Crippen molar-refractivity contribution in [3.63, 3.8) is 0 Å². The zero-order chi connectivity index (χ0) is 18.1. The van der Waals surface area contributed by atoms with E-state index in [1.807, 2.05) is 42.5 Å². The van der Waals surface area contributed by atoms with Crippen molar-refractivity contribution in [2.45, 2.75) is 13.3 Å². The quantitative estimate of drug-likeness (QED) is 0.499. The van der Waals surface area contributed by atoms with Crippen LogP contribution in [0.4, 0.5) is 4.79 Å². The third-order valence-corrected chi connectivity index (χ3v) is 4.18. The van der Waals surface area contributed by atoms with Crippen LogP contribution in [0.5, 0.6) is 11.7 Å². The lowest BCUT2D eigenvalue weighted by atomic mass is 10.1. The molecule has 1 N–H and O–H groups in total. The number of carbonyl (C=O) groups is 1. The average Bonchev–Trinajstić information content (AvgIpc) is 3.14. The highest BCUT2D eigenvalue weighted by molar-refractivity contribution is 6.05. The zero-order valence-electron chi connectivity index (χ0n) is 14.0. The lowest BCUT2D eigenvalue weighted by Gasteiger charge is -2.05. The van der Waals surface area contributed by atoms with Crippen LogP contribution in [-0.2, 0) is 6.42 Å². The largest absolute Gasteiger partial charge is 0.513 e. The van der Waals surface area contributed by atoms with Gasteiger partial charge in [-0.25, -0.2) is 4.79 Å². The van der Waals surface area contributed by atoms with Crippen LogP contribution >= 0.6 is 0 Å². The van der Waals surface area contributed by atoms with Gasteiger partial charge in [0.05, 0.1) is 6.61 Å². The highest BCUT2D eigenvalue weighted by Crippen LogP contribution is 2.31. The summed E-state index contributed by atoms with van der Waals surface area (Å²) in [5.74, 6) is 1.28. The summed E-state index contributed by atoms with van der Waals surface area (Å²) in [5.41, 5.74) is 2.46. The number of fused-ring (bicyclic) bond motifs is 3. The molecule has 6 nitrogen and oxygen atoms in total. The number of para-hydroxylation sites is 1. The highest BCUT2D eigenvalue weighted by Gasteiger charge is 2.12. The number of benzene rings is 2. The van der Waals surface area contributed by atoms with Gasteiger partial charge in [0.15, 0.2) is 0 Å². The van der Waals surface area contributed by atoms with Crippen molar-refractivity contribution in [3.05, 3.63) is 59.9 Å². The van der Waals surface area contributed by atoms with Crippen molar-refractivity contribution in [2.75, 3.05) is 6.61 Å². The third kappa shape index (κ3) is 3.09. The fourth-order valence-electron chi connectivity index (χ4n) is 2.95. The monoisotopic (exact) mass is 352 g/mol. The number of aryl methyl sites for hydroxylation is 1. The van der Waals surface area contributed by atoms with Crippen molar-refractivity contribution in [3.8, 4) is 11.7 Å². The molecule has 4 rings (SSSR count). The number of rotatable bonds is 5. The molecule has 6 heteroatoms. The van der Waals surface area contributed by atoms with Gasteiger partial charge in [-0.15, -0.1) is 0 Å². The van der Waals surface area contributed by atoms with Gasteiger partial charge < -0.3 is 23.4 Å². The van der Waals surface area contributed by atoms with Crippen LogP contribution < -0.4 is 9.47 Å². The maximum atomic E-state index is 10.5. The Morgan fingerprint density at radius 1 is 1.04 bits per heavy atom. The first-order valence-electron chi connectivity index (χ1n) is 8.14. The van der Waals surface area contributed by atoms with E-state index in [1.54, 1.807) is 13.0 Å². The number of carboxylic acid groups (broad SMARTS) is 1. The number of furan rings is 2. The molecule has 0 radical (unpaired) electrons. The van der Waals surface area contributed by atoms with E-state index in [-0.39, 0.29) is 5.95 Å². The van der Waals surface area contributed by atoms with Crippen molar-refractivity contribution in [1.82, 2.24) is 0 Å². The molecule has 0 saturated heterocycles. The van der Waals surface area contributed by atoms with Crippen LogP contribution in [0.1, 0.15) is 11.3 Å². The van der Waals surface area contributed by atoms with Crippen molar-refractivity contribution in [1.29, 1.82) is 0 Å². The molecule has 4 aromatic rings. The third-order valence-electron chi connectivity index (χ3n) is 4.18. The molecule has 132 valence electrons. The summed E-state index contributed by atoms with van der Waals surface area (Å²) in [7, 11) is 0. The van der Waals surface area contributed by atoms with Crippen molar-refractivity contribution >= 4 is 28.1 Å². The summed E-state index contributed by atoms with van der Waals surface area (Å²) in [6.07, 6.45) is -0.836. The second-order valence-corrected chi connectivity index (χ2v) is 5.87. The standard InChI is InChI=1S/C20H16O6/c1-12-13(10-19(24-12)26-20(21)22)8-9-23-14-6-7-16-15-4-2-3-5-17(15)25-18(16)11-14/h2-7,10-11H,8-9H2,1H3,(H,21,22). The van der Waals surface area contributed by atoms with E-state index in [0.717, 1.165) is 27.5 Å². The summed E-state index contributed by atoms with van der Waals surface area (Å²) < 4.78 is 21.4. The molecular weight excluding hydrogens is 336 g/mol. The molecule has 0 fully saturated rings. The smallest absolute Gasteiger partial charge is 0.493 e. The Labute approximate surface area is 148 Å². The van der Waals surface area contributed by atoms with E-state index >= 15 is 0 Å². The van der Waals surface area contributed by atoms with E-state index in [4.69, 9.17) is 18.7 Å². The molecule has 26 heavy (non-hydrogen) atoms. The number of hydrogen-bond donors (Lipinski definition) is 1. The van der Waals surface area contributed by atoms with Gasteiger partial charge in [-0.2, -0.15) is 0 Å². The fourth-order valence-corrected chi connectivity index (χ4v) is 2.95. The molecule has 0 saturated carbocycles. The Morgan fingerprint density at radius 2 is 1.85 bits per heavy atom. The Bertz CT molecular complexity index is 1090. The fraction of sp³-hybridized carbons (Fsp3) is 0.150. The molecule has 2 heterocycles. The highest BCUT2D eigenvalue weighted by atomic mass is 16.7. The summed E-state index contributed by atoms with van der Waals surface area (Å²) in [5, 5.41) is 10.7. The van der Waals surface area contributed by atoms with E-state index < -0.39 is 6.16 Å². The molecule has 2 aromatic heterocycles. The average molecular weight is 352 g/mol. The van der Waals surface area contributed by atoms with Gasteiger partial charge in [-0.1, -0.05) is 18.2 Å². The topological polar surface area (TPSA) is 82.0 Å². The molecule has 0 aliphatic carbocycles. The van der Waals surface area contributed by atoms with Crippen LogP contribution in [-0.4, -0.2) is 17.9 Å². The molecule has 0 aliphatic rings. The van der Waals surface area contributed by atoms with Crippen LogP contribution in [0.3, 0.4) is 0 Å². The predicted molar refractivity (Wildman–Crippen MR) is 95.0 cm³/mol. The minimum absolute atomic E-state index is 0.0336. The minimum atomic E-state index is -1.40. The first-order chi connectivity index (χ1) is 12.6. The van der Waals surface area contributed by atoms with Crippen LogP contribution in [0.2, 0.25) is 0 Å². The van der Waals surface area contributed by atoms with E-state index in [2.05, 4.69) is 4.74 Å². The Morgan fingerprint density at radius 3 is 2.69 bits per heavy atom. The summed E-state index contributed by atoms with van der Waals surface area (Å²) in [6.45, 7) is 2.17. The molecule has 0 unspecified atom stereocenters. The van der Waals surface area contributed by atoms with E-state index in [9.17, 15) is 4.79 Å². The van der Waals surface area contributed by atoms with Gasteiger partial charge in [-0.3, -0.25) is 0 Å². The van der Waals surface area contributed by atoms with Crippen LogP contribution in [0.25, 0.3) is 21.9 Å². The van der Waals surface area contributed by atoms with Gasteiger partial charge >= 0.3 is 6.16 Å². The second-order valence-electron chi connectivity index (χ2n) is 5.87. The summed E-state index contributed by atoms with van der Waals surface area (Å²) in [4.78, 5) is 10.5. The maximum Gasteiger partial charge on any atom is 0.513 e. The maximum absolute atomic E-state index is 10.5. The van der Waals surface area contributed by atoms with Gasteiger partial charge in [0.25, 0.3) is 5.95 Å². The van der Waals surface area contributed by atoms with Gasteiger partial charge in [0.2, 0.25) is 0 Å². The van der Waals surface area contributed by atoms with E-state index in [0.29, 0.717) is 24.5 Å². The normalized spacial score (nSPS) is 11.1. The zero-order valence-corrected chi connectivity index (χ0v) is 14.0. The molecular formula is C20H16O6. The molecule has 0 spiro atoms. The Hall–Kier alpha value is -3.41. The van der Waals surface area contributed by atoms with Crippen LogP contribution in [0.15, 0.2) is 57.4 Å². The first kappa shape index (κ1) is 16.1. The van der Waals surface area contributed by atoms with Gasteiger partial charge in [0.1, 0.15) is 22.7 Å².